The summed E-state index contributed by atoms with van der Waals surface area (Å²) in [4.78, 5) is 0. The van der Waals surface area contributed by atoms with Gasteiger partial charge in [-0.05, 0) is 19.1 Å². The van der Waals surface area contributed by atoms with Crippen molar-refractivity contribution >= 4 is 29.6 Å². The van der Waals surface area contributed by atoms with E-state index < -0.39 is 8.26 Å². The van der Waals surface area contributed by atoms with Crippen molar-refractivity contribution < 1.29 is 12.8 Å². The maximum absolute atomic E-state index is 12.1. The van der Waals surface area contributed by atoms with Gasteiger partial charge in [-0.25, -0.2) is 4.39 Å². The van der Waals surface area contributed by atoms with Crippen LogP contribution in [0.2, 0.25) is 0 Å². The first-order chi connectivity index (χ1) is 5.79. The van der Waals surface area contributed by atoms with Gasteiger partial charge in [0.1, 0.15) is 5.82 Å². The number of hydrogen-bond acceptors (Lipinski definition) is 2. The third-order valence-electron chi connectivity index (χ3n) is 1.01. The smallest absolute Gasteiger partial charge is 0.207 e. The largest absolute Gasteiger partial charge is 0.317 e. The van der Waals surface area contributed by atoms with Crippen molar-refractivity contribution in [2.45, 2.75) is 6.92 Å². The number of hydrogen-bond donors (Lipinski definition) is 0. The lowest BCUT2D eigenvalue weighted by atomic mass is 10.2. The van der Waals surface area contributed by atoms with E-state index in [-0.39, 0.29) is 5.82 Å². The number of rotatable bonds is 0. The quantitative estimate of drug-likeness (QED) is 0.658. The minimum absolute atomic E-state index is 0.171. The van der Waals surface area contributed by atoms with Crippen molar-refractivity contribution in [3.63, 3.8) is 0 Å². The second-order valence-electron chi connectivity index (χ2n) is 2.17. The summed E-state index contributed by atoms with van der Waals surface area (Å²) in [7, 11) is 4.81. The maximum Gasteiger partial charge on any atom is 0.317 e. The molecule has 0 atom stereocenters. The van der Waals surface area contributed by atoms with Crippen LogP contribution in [0, 0.1) is 12.7 Å². The molecular weight excluding hydrogens is 238 g/mol. The first-order valence-electron chi connectivity index (χ1n) is 3.15. The number of aryl methyl sites for hydroxylation is 1. The van der Waals surface area contributed by atoms with Gasteiger partial charge in [-0.1, -0.05) is 17.7 Å². The van der Waals surface area contributed by atoms with E-state index in [2.05, 4.69) is 21.4 Å². The van der Waals surface area contributed by atoms with Crippen molar-refractivity contribution in [3.8, 4) is 0 Å². The summed E-state index contributed by atoms with van der Waals surface area (Å²) in [6, 6.07) is 6.40. The monoisotopic (exact) mass is 244 g/mol. The molecule has 0 fully saturated rings. The SMILES string of the molecule is Cc1ccc(F)cc1.O=S(=O)(Cl)Cl. The Morgan fingerprint density at radius 2 is 1.46 bits per heavy atom. The molecule has 6 heteroatoms. The first kappa shape index (κ1) is 12.7. The van der Waals surface area contributed by atoms with E-state index in [9.17, 15) is 4.39 Å². The van der Waals surface area contributed by atoms with E-state index in [0.717, 1.165) is 5.56 Å². The Labute approximate surface area is 85.2 Å². The van der Waals surface area contributed by atoms with Crippen LogP contribution in [0.15, 0.2) is 24.3 Å². The highest BCUT2D eigenvalue weighted by Crippen LogP contribution is 1.99. The van der Waals surface area contributed by atoms with Crippen LogP contribution in [0.25, 0.3) is 0 Å². The van der Waals surface area contributed by atoms with Gasteiger partial charge < -0.3 is 0 Å². The highest BCUT2D eigenvalue weighted by molar-refractivity contribution is 8.31. The van der Waals surface area contributed by atoms with Crippen molar-refractivity contribution in [3.05, 3.63) is 35.6 Å². The summed E-state index contributed by atoms with van der Waals surface area (Å²) in [5, 5.41) is 0. The van der Waals surface area contributed by atoms with Crippen molar-refractivity contribution in [2.75, 3.05) is 0 Å². The maximum atomic E-state index is 12.1. The molecule has 1 aromatic rings. The molecule has 0 amide bonds. The van der Waals surface area contributed by atoms with Crippen LogP contribution in [-0.4, -0.2) is 8.42 Å². The molecule has 0 saturated carbocycles. The van der Waals surface area contributed by atoms with Crippen LogP contribution >= 0.6 is 21.4 Å². The first-order valence-corrected chi connectivity index (χ1v) is 6.29. The van der Waals surface area contributed by atoms with E-state index in [0.29, 0.717) is 0 Å². The number of halogens is 3. The Hall–Kier alpha value is -0.320. The average Bonchev–Trinajstić information content (AvgIpc) is 1.92. The summed E-state index contributed by atoms with van der Waals surface area (Å²) in [6.45, 7) is 1.93. The molecule has 1 rings (SSSR count). The third-order valence-corrected chi connectivity index (χ3v) is 1.01. The molecule has 0 saturated heterocycles. The fraction of sp³-hybridized carbons (Fsp3) is 0.143. The summed E-state index contributed by atoms with van der Waals surface area (Å²) in [5.74, 6) is -0.171. The Balaban J connectivity index is 0.000000252. The molecule has 0 aliphatic rings. The predicted molar refractivity (Wildman–Crippen MR) is 51.8 cm³/mol. The lowest BCUT2D eigenvalue weighted by molar-refractivity contribution is 0.621. The molecule has 1 aromatic carbocycles. The molecule has 0 radical (unpaired) electrons. The fourth-order valence-electron chi connectivity index (χ4n) is 0.533. The molecule has 0 aliphatic heterocycles. The predicted octanol–water partition coefficient (Wildman–Crippen LogP) is 2.84. The Kier molecular flexibility index (Phi) is 5.29. The van der Waals surface area contributed by atoms with Gasteiger partial charge in [-0.15, -0.1) is 0 Å². The molecule has 0 unspecified atom stereocenters. The Bertz CT molecular complexity index is 318. The van der Waals surface area contributed by atoms with Crippen LogP contribution in [0.5, 0.6) is 0 Å². The standard InChI is InChI=1S/C7H7F.Cl2O2S/c1-6-2-4-7(8)5-3-6;1-5(2,3)4/h2-5H,1H3;. The summed E-state index contributed by atoms with van der Waals surface area (Å²) in [6.07, 6.45) is 0. The molecule has 13 heavy (non-hydrogen) atoms. The van der Waals surface area contributed by atoms with Crippen molar-refractivity contribution in [1.29, 1.82) is 0 Å². The highest BCUT2D eigenvalue weighted by atomic mass is 36.0. The molecule has 0 bridgehead atoms. The molecule has 0 aromatic heterocycles. The zero-order valence-corrected chi connectivity index (χ0v) is 9.00. The van der Waals surface area contributed by atoms with E-state index in [4.69, 9.17) is 8.42 Å². The second kappa shape index (κ2) is 5.42. The molecule has 0 N–H and O–H groups in total. The molecule has 0 heterocycles. The minimum atomic E-state index is -3.72. The van der Waals surface area contributed by atoms with Crippen LogP contribution in [0.1, 0.15) is 5.56 Å². The molecular formula is C7H7Cl2FO2S. The highest BCUT2D eigenvalue weighted by Gasteiger charge is 1.88. The Morgan fingerprint density at radius 3 is 1.69 bits per heavy atom. The lowest BCUT2D eigenvalue weighted by Gasteiger charge is -1.87. The van der Waals surface area contributed by atoms with Gasteiger partial charge in [-0.3, -0.25) is 0 Å². The third kappa shape index (κ3) is 11.7. The van der Waals surface area contributed by atoms with Gasteiger partial charge in [-0.2, -0.15) is 8.42 Å². The second-order valence-corrected chi connectivity index (χ2v) is 5.84. The van der Waals surface area contributed by atoms with Crippen LogP contribution in [0.3, 0.4) is 0 Å². The van der Waals surface area contributed by atoms with Crippen LogP contribution in [-0.2, 0) is 8.26 Å². The molecule has 2 nitrogen and oxygen atoms in total. The average molecular weight is 245 g/mol. The minimum Gasteiger partial charge on any atom is -0.207 e. The van der Waals surface area contributed by atoms with E-state index in [1.807, 2.05) is 6.92 Å². The zero-order valence-electron chi connectivity index (χ0n) is 6.67. The van der Waals surface area contributed by atoms with E-state index in [1.54, 1.807) is 12.1 Å². The van der Waals surface area contributed by atoms with Gasteiger partial charge in [0.25, 0.3) is 0 Å². The van der Waals surface area contributed by atoms with Gasteiger partial charge in [0.05, 0.1) is 0 Å². The Morgan fingerprint density at radius 1 is 1.15 bits per heavy atom. The normalized spacial score (nSPS) is 10.2. The van der Waals surface area contributed by atoms with Gasteiger partial charge >= 0.3 is 8.26 Å². The number of benzene rings is 1. The lowest BCUT2D eigenvalue weighted by Crippen LogP contribution is -1.71. The van der Waals surface area contributed by atoms with Crippen LogP contribution in [0.4, 0.5) is 4.39 Å². The van der Waals surface area contributed by atoms with Gasteiger partial charge in [0, 0.05) is 21.4 Å². The van der Waals surface area contributed by atoms with Gasteiger partial charge in [0.2, 0.25) is 0 Å². The molecule has 0 spiro atoms. The van der Waals surface area contributed by atoms with E-state index in [1.165, 1.54) is 12.1 Å². The zero-order chi connectivity index (χ0) is 10.5. The summed E-state index contributed by atoms with van der Waals surface area (Å²) >= 11 is 0. The van der Waals surface area contributed by atoms with Crippen molar-refractivity contribution in [2.24, 2.45) is 0 Å². The fourth-order valence-corrected chi connectivity index (χ4v) is 0.533. The van der Waals surface area contributed by atoms with Crippen molar-refractivity contribution in [1.82, 2.24) is 0 Å². The van der Waals surface area contributed by atoms with E-state index >= 15 is 0 Å². The topological polar surface area (TPSA) is 34.1 Å². The summed E-state index contributed by atoms with van der Waals surface area (Å²) in [5.41, 5.74) is 1.09. The van der Waals surface area contributed by atoms with Gasteiger partial charge in [0.15, 0.2) is 0 Å². The molecule has 0 aliphatic carbocycles. The molecule has 74 valence electrons. The van der Waals surface area contributed by atoms with Crippen LogP contribution < -0.4 is 0 Å². The summed E-state index contributed by atoms with van der Waals surface area (Å²) < 4.78 is 30.4.